The number of carbonyl (C=O) groups is 2. The summed E-state index contributed by atoms with van der Waals surface area (Å²) in [5.41, 5.74) is 1.59. The van der Waals surface area contributed by atoms with Gasteiger partial charge in [-0.15, -0.1) is 0 Å². The van der Waals surface area contributed by atoms with Crippen molar-refractivity contribution in [3.05, 3.63) is 70.3 Å². The van der Waals surface area contributed by atoms with Crippen molar-refractivity contribution in [2.75, 3.05) is 6.26 Å². The van der Waals surface area contributed by atoms with E-state index in [1.54, 1.807) is 19.9 Å². The molecule has 0 saturated carbocycles. The molecule has 1 radical (unpaired) electrons. The number of allylic oxidation sites excluding steroid dienone is 1. The first-order chi connectivity index (χ1) is 14.5. The molecule has 165 valence electrons. The number of hydrogen-bond acceptors (Lipinski definition) is 6. The van der Waals surface area contributed by atoms with Gasteiger partial charge in [0.05, 0.1) is 17.4 Å². The van der Waals surface area contributed by atoms with Gasteiger partial charge in [-0.05, 0) is 37.6 Å². The van der Waals surface area contributed by atoms with Gasteiger partial charge in [0.25, 0.3) is 0 Å². The van der Waals surface area contributed by atoms with Gasteiger partial charge in [-0.3, -0.25) is 9.59 Å². The maximum atomic E-state index is 14.4. The summed E-state index contributed by atoms with van der Waals surface area (Å²) in [7, 11) is -3.56. The number of carbonyl (C=O) groups excluding carboxylic acids is 2. The Morgan fingerprint density at radius 2 is 2.10 bits per heavy atom. The van der Waals surface area contributed by atoms with E-state index in [-0.39, 0.29) is 31.0 Å². The molecule has 0 saturated heterocycles. The number of hydrogen-bond donors (Lipinski definition) is 3. The van der Waals surface area contributed by atoms with Gasteiger partial charge < -0.3 is 16.0 Å². The summed E-state index contributed by atoms with van der Waals surface area (Å²) in [6.45, 7) is 3.21. The van der Waals surface area contributed by atoms with Gasteiger partial charge in [0.15, 0.2) is 9.84 Å². The minimum absolute atomic E-state index is 0. The average Bonchev–Trinajstić information content (AvgIpc) is 2.69. The van der Waals surface area contributed by atoms with Gasteiger partial charge in [-0.25, -0.2) is 12.8 Å². The van der Waals surface area contributed by atoms with Gasteiger partial charge in [-0.2, -0.15) is 5.26 Å². The zero-order valence-electron chi connectivity index (χ0n) is 17.0. The molecule has 2 aliphatic heterocycles. The second-order valence-corrected chi connectivity index (χ2v) is 9.25. The minimum Gasteiger partial charge on any atom is -0.353 e. The molecule has 0 spiro atoms. The van der Waals surface area contributed by atoms with E-state index < -0.39 is 33.5 Å². The lowest BCUT2D eigenvalue weighted by molar-refractivity contribution is -0.123. The van der Waals surface area contributed by atoms with E-state index in [0.29, 0.717) is 17.2 Å². The molecule has 31 heavy (non-hydrogen) atoms. The number of sulfone groups is 1. The summed E-state index contributed by atoms with van der Waals surface area (Å²) in [6, 6.07) is 5.22. The first kappa shape index (κ1) is 22.2. The molecule has 3 rings (SSSR count). The first-order valence-electron chi connectivity index (χ1n) is 9.28. The third-order valence-electron chi connectivity index (χ3n) is 5.04. The van der Waals surface area contributed by atoms with Crippen LogP contribution in [0.15, 0.2) is 57.8 Å². The van der Waals surface area contributed by atoms with E-state index in [1.165, 1.54) is 18.3 Å². The van der Waals surface area contributed by atoms with E-state index in [1.807, 2.05) is 6.07 Å². The Morgan fingerprint density at radius 3 is 2.71 bits per heavy atom. The molecule has 1 atom stereocenters. The largest absolute Gasteiger partial charge is 0.353 e. The van der Waals surface area contributed by atoms with Crippen LogP contribution >= 0.6 is 0 Å². The lowest BCUT2D eigenvalue weighted by Crippen LogP contribution is -2.40. The Kier molecular flexibility index (Phi) is 5.99. The summed E-state index contributed by atoms with van der Waals surface area (Å²) in [4.78, 5) is 24.9. The van der Waals surface area contributed by atoms with Crippen molar-refractivity contribution in [1.29, 1.82) is 5.26 Å². The number of nitrogens with one attached hydrogen (secondary N) is 3. The fourth-order valence-electron chi connectivity index (χ4n) is 3.43. The maximum Gasteiger partial charge on any atom is 0.249 e. The number of dihydropyridines is 1. The quantitative estimate of drug-likeness (QED) is 0.635. The molecule has 0 aliphatic carbocycles. The molecular formula is C21H24FN4O4S. The van der Waals surface area contributed by atoms with Crippen LogP contribution in [0.3, 0.4) is 0 Å². The molecule has 8 nitrogen and oxygen atoms in total. The zero-order valence-corrected chi connectivity index (χ0v) is 17.9. The molecule has 0 unspecified atom stereocenters. The maximum absolute atomic E-state index is 14.4. The standard InChI is InChI=1S/C21H20FN4O4S.2H2/c1-11-15(21(28)26-17-6-7-24-18(10-23)20(11)17)9-19(27)25-12(2)14-5-4-13(8-16(14)22)31(3,29)30;;/h4-8,12,24H,9H2,1-3H3,(H,25,27)(H,26,28);2*1H/t12-;;/m1../s1. The number of rotatable bonds is 5. The smallest absolute Gasteiger partial charge is 0.249 e. The van der Waals surface area contributed by atoms with Crippen LogP contribution in [0, 0.1) is 23.2 Å². The summed E-state index contributed by atoms with van der Waals surface area (Å²) in [5.74, 6) is -1.73. The van der Waals surface area contributed by atoms with Crippen molar-refractivity contribution in [2.24, 2.45) is 0 Å². The van der Waals surface area contributed by atoms with E-state index in [0.717, 1.165) is 12.3 Å². The normalized spacial score (nSPS) is 17.5. The van der Waals surface area contributed by atoms with Crippen LogP contribution in [-0.2, 0) is 19.4 Å². The average molecular weight is 448 g/mol. The monoisotopic (exact) mass is 447 g/mol. The van der Waals surface area contributed by atoms with Crippen LogP contribution in [-0.4, -0.2) is 26.5 Å². The minimum atomic E-state index is -3.56. The van der Waals surface area contributed by atoms with Crippen molar-refractivity contribution in [3.8, 4) is 6.07 Å². The number of amides is 2. The molecule has 0 aromatic heterocycles. The van der Waals surface area contributed by atoms with Crippen molar-refractivity contribution < 1.29 is 25.3 Å². The van der Waals surface area contributed by atoms with E-state index in [2.05, 4.69) is 16.0 Å². The first-order valence-corrected chi connectivity index (χ1v) is 11.2. The third kappa shape index (κ3) is 4.51. The van der Waals surface area contributed by atoms with Crippen molar-refractivity contribution in [1.82, 2.24) is 16.0 Å². The van der Waals surface area contributed by atoms with E-state index in [4.69, 9.17) is 0 Å². The summed E-state index contributed by atoms with van der Waals surface area (Å²) in [5, 5.41) is 17.4. The van der Waals surface area contributed by atoms with Gasteiger partial charge >= 0.3 is 0 Å². The highest BCUT2D eigenvalue weighted by molar-refractivity contribution is 7.90. The lowest BCUT2D eigenvalue weighted by atomic mass is 9.86. The Bertz CT molecular complexity index is 1220. The van der Waals surface area contributed by atoms with Crippen LogP contribution in [0.1, 0.15) is 34.7 Å². The lowest BCUT2D eigenvalue weighted by Gasteiger charge is -2.29. The number of nitriles is 1. The molecule has 10 heteroatoms. The second-order valence-electron chi connectivity index (χ2n) is 7.23. The van der Waals surface area contributed by atoms with E-state index >= 15 is 0 Å². The fourth-order valence-corrected chi connectivity index (χ4v) is 4.07. The molecule has 0 bridgehead atoms. The summed E-state index contributed by atoms with van der Waals surface area (Å²) < 4.78 is 37.5. The third-order valence-corrected chi connectivity index (χ3v) is 6.15. The van der Waals surface area contributed by atoms with Crippen LogP contribution in [0.25, 0.3) is 0 Å². The van der Waals surface area contributed by atoms with Gasteiger partial charge in [0, 0.05) is 32.0 Å². The number of halogens is 1. The predicted octanol–water partition coefficient (Wildman–Crippen LogP) is 2.16. The Labute approximate surface area is 182 Å². The van der Waals surface area contributed by atoms with Gasteiger partial charge in [-0.1, -0.05) is 6.07 Å². The van der Waals surface area contributed by atoms with Gasteiger partial charge in [0.1, 0.15) is 23.6 Å². The molecule has 1 aromatic carbocycles. The van der Waals surface area contributed by atoms with Gasteiger partial charge in [0.2, 0.25) is 11.8 Å². The fraction of sp³-hybridized carbons (Fsp3) is 0.238. The highest BCUT2D eigenvalue weighted by atomic mass is 32.2. The highest BCUT2D eigenvalue weighted by Gasteiger charge is 2.33. The topological polar surface area (TPSA) is 128 Å². The molecule has 2 heterocycles. The Hall–Kier alpha value is -3.45. The molecule has 0 fully saturated rings. The predicted molar refractivity (Wildman–Crippen MR) is 114 cm³/mol. The van der Waals surface area contributed by atoms with Crippen molar-refractivity contribution in [3.63, 3.8) is 0 Å². The van der Waals surface area contributed by atoms with Crippen LogP contribution < -0.4 is 16.0 Å². The Morgan fingerprint density at radius 1 is 1.39 bits per heavy atom. The molecular weight excluding hydrogens is 423 g/mol. The van der Waals surface area contributed by atoms with Crippen LogP contribution in [0.5, 0.6) is 0 Å². The second kappa shape index (κ2) is 8.35. The summed E-state index contributed by atoms with van der Waals surface area (Å²) in [6.07, 6.45) is 3.86. The molecule has 2 amide bonds. The highest BCUT2D eigenvalue weighted by Crippen LogP contribution is 2.33. The van der Waals surface area contributed by atoms with Crippen molar-refractivity contribution >= 4 is 21.7 Å². The van der Waals surface area contributed by atoms with E-state index in [9.17, 15) is 27.7 Å². The number of fused-ring (bicyclic) bond motifs is 1. The summed E-state index contributed by atoms with van der Waals surface area (Å²) >= 11 is 0. The molecule has 3 N–H and O–H groups in total. The van der Waals surface area contributed by atoms with Crippen LogP contribution in [0.4, 0.5) is 4.39 Å². The molecule has 1 aromatic rings. The zero-order chi connectivity index (χ0) is 22.9. The SMILES string of the molecule is CC1=C(CC(=O)N[C@H](C)c2ccc(S(C)(=O)=O)cc2F)C(=O)N[C]2C=CNC(C#N)=C21.[HH].[HH]. The van der Waals surface area contributed by atoms with Crippen molar-refractivity contribution in [2.45, 2.75) is 31.2 Å². The Balaban J connectivity index is 0.00000272. The van der Waals surface area contributed by atoms with Crippen LogP contribution in [0.2, 0.25) is 0 Å². The number of nitrogens with zero attached hydrogens (tertiary/aromatic N) is 1. The number of benzene rings is 1. The molecule has 2 aliphatic rings.